The van der Waals surface area contributed by atoms with Crippen LogP contribution in [0, 0.1) is 0 Å². The molecule has 0 unspecified atom stereocenters. The van der Waals surface area contributed by atoms with Crippen LogP contribution in [0.2, 0.25) is 0 Å². The number of thiol groups is 1. The van der Waals surface area contributed by atoms with Gasteiger partial charge in [0.15, 0.2) is 0 Å². The summed E-state index contributed by atoms with van der Waals surface area (Å²) in [6, 6.07) is 3.70. The number of hydrogen-bond acceptors (Lipinski definition) is 2. The minimum atomic E-state index is 0.282. The van der Waals surface area contributed by atoms with Gasteiger partial charge in [-0.3, -0.25) is 0 Å². The van der Waals surface area contributed by atoms with Crippen LogP contribution in [0.3, 0.4) is 0 Å². The molecule has 1 aromatic rings. The topological polar surface area (TPSA) is 20.2 Å². The second-order valence-corrected chi connectivity index (χ2v) is 3.96. The van der Waals surface area contributed by atoms with Gasteiger partial charge in [0.1, 0.15) is 5.75 Å². The average Bonchev–Trinajstić information content (AvgIpc) is 2.09. The van der Waals surface area contributed by atoms with Crippen LogP contribution >= 0.6 is 12.6 Å². The average molecular weight is 196 g/mol. The Morgan fingerprint density at radius 2 is 2.00 bits per heavy atom. The maximum absolute atomic E-state index is 9.46. The molecule has 2 heteroatoms. The first-order valence-electron chi connectivity index (χ1n) is 4.61. The molecule has 0 atom stereocenters. The van der Waals surface area contributed by atoms with E-state index in [1.54, 1.807) is 6.07 Å². The van der Waals surface area contributed by atoms with Crippen LogP contribution in [-0.4, -0.2) is 5.11 Å². The third-order valence-corrected chi connectivity index (χ3v) is 2.77. The van der Waals surface area contributed by atoms with Gasteiger partial charge in [-0.2, -0.15) is 0 Å². The van der Waals surface area contributed by atoms with Crippen molar-refractivity contribution in [2.45, 2.75) is 38.0 Å². The molecule has 1 nitrogen and oxygen atoms in total. The van der Waals surface area contributed by atoms with Crippen molar-refractivity contribution < 1.29 is 5.11 Å². The van der Waals surface area contributed by atoms with Gasteiger partial charge in [0.2, 0.25) is 0 Å². The van der Waals surface area contributed by atoms with Gasteiger partial charge in [-0.1, -0.05) is 26.8 Å². The predicted octanol–water partition coefficient (Wildman–Crippen LogP) is 3.37. The van der Waals surface area contributed by atoms with E-state index in [1.807, 2.05) is 6.07 Å². The van der Waals surface area contributed by atoms with E-state index < -0.39 is 0 Å². The summed E-state index contributed by atoms with van der Waals surface area (Å²) < 4.78 is 0. The van der Waals surface area contributed by atoms with Gasteiger partial charge < -0.3 is 5.11 Å². The first kappa shape index (κ1) is 10.5. The summed E-state index contributed by atoms with van der Waals surface area (Å²) in [6.07, 6.45) is 0.917. The highest BCUT2D eigenvalue weighted by Crippen LogP contribution is 2.31. The van der Waals surface area contributed by atoms with Gasteiger partial charge in [0.25, 0.3) is 0 Å². The molecule has 0 saturated heterocycles. The zero-order valence-corrected chi connectivity index (χ0v) is 9.23. The molecule has 0 radical (unpaired) electrons. The normalized spacial score (nSPS) is 10.8. The quantitative estimate of drug-likeness (QED) is 0.695. The SMILES string of the molecule is CCc1c(C(C)C)ccc(O)c1S. The molecule has 13 heavy (non-hydrogen) atoms. The zero-order chi connectivity index (χ0) is 10.0. The van der Waals surface area contributed by atoms with Crippen molar-refractivity contribution in [1.29, 1.82) is 0 Å². The van der Waals surface area contributed by atoms with Crippen molar-refractivity contribution in [1.82, 2.24) is 0 Å². The summed E-state index contributed by atoms with van der Waals surface area (Å²) in [7, 11) is 0. The van der Waals surface area contributed by atoms with Crippen molar-refractivity contribution >= 4 is 12.6 Å². The van der Waals surface area contributed by atoms with Crippen LogP contribution in [0.5, 0.6) is 5.75 Å². The lowest BCUT2D eigenvalue weighted by molar-refractivity contribution is 0.460. The van der Waals surface area contributed by atoms with E-state index in [2.05, 4.69) is 33.4 Å². The van der Waals surface area contributed by atoms with Gasteiger partial charge in [-0.25, -0.2) is 0 Å². The van der Waals surface area contributed by atoms with Crippen molar-refractivity contribution in [2.24, 2.45) is 0 Å². The maximum atomic E-state index is 9.46. The van der Waals surface area contributed by atoms with E-state index in [1.165, 1.54) is 11.1 Å². The summed E-state index contributed by atoms with van der Waals surface area (Å²) in [4.78, 5) is 0.730. The molecule has 0 fully saturated rings. The molecule has 72 valence electrons. The minimum absolute atomic E-state index is 0.282. The lowest BCUT2D eigenvalue weighted by Gasteiger charge is -2.14. The van der Waals surface area contributed by atoms with Gasteiger partial charge in [0, 0.05) is 4.90 Å². The standard InChI is InChI=1S/C11H16OS/c1-4-8-9(7(2)3)5-6-10(12)11(8)13/h5-7,12-13H,4H2,1-3H3. The first-order chi connectivity index (χ1) is 6.07. The van der Waals surface area contributed by atoms with Crippen LogP contribution in [-0.2, 0) is 6.42 Å². The summed E-state index contributed by atoms with van der Waals surface area (Å²) in [5.74, 6) is 0.769. The number of phenols is 1. The van der Waals surface area contributed by atoms with E-state index in [4.69, 9.17) is 0 Å². The Bertz CT molecular complexity index is 305. The Kier molecular flexibility index (Phi) is 3.26. The maximum Gasteiger partial charge on any atom is 0.129 e. The molecule has 0 aliphatic carbocycles. The summed E-state index contributed by atoms with van der Waals surface area (Å²) in [6.45, 7) is 6.39. The number of phenolic OH excluding ortho intramolecular Hbond substituents is 1. The van der Waals surface area contributed by atoms with E-state index >= 15 is 0 Å². The third-order valence-electron chi connectivity index (χ3n) is 2.27. The lowest BCUT2D eigenvalue weighted by atomic mass is 9.95. The summed E-state index contributed by atoms with van der Waals surface area (Å²) in [5, 5.41) is 9.46. The second kappa shape index (κ2) is 4.05. The molecule has 0 saturated carbocycles. The first-order valence-corrected chi connectivity index (χ1v) is 5.06. The molecule has 0 bridgehead atoms. The zero-order valence-electron chi connectivity index (χ0n) is 8.33. The predicted molar refractivity (Wildman–Crippen MR) is 58.8 cm³/mol. The van der Waals surface area contributed by atoms with Gasteiger partial charge in [-0.05, 0) is 29.5 Å². The molecule has 0 aliphatic rings. The molecule has 1 N–H and O–H groups in total. The molecular weight excluding hydrogens is 180 g/mol. The fraction of sp³-hybridized carbons (Fsp3) is 0.455. The Morgan fingerprint density at radius 3 is 2.46 bits per heavy atom. The molecule has 0 aromatic heterocycles. The highest BCUT2D eigenvalue weighted by Gasteiger charge is 2.10. The smallest absolute Gasteiger partial charge is 0.129 e. The van der Waals surface area contributed by atoms with Crippen molar-refractivity contribution in [3.63, 3.8) is 0 Å². The van der Waals surface area contributed by atoms with Gasteiger partial charge >= 0.3 is 0 Å². The molecular formula is C11H16OS. The Labute approximate surface area is 85.2 Å². The highest BCUT2D eigenvalue weighted by molar-refractivity contribution is 7.80. The monoisotopic (exact) mass is 196 g/mol. The van der Waals surface area contributed by atoms with E-state index in [9.17, 15) is 5.11 Å². The highest BCUT2D eigenvalue weighted by atomic mass is 32.1. The minimum Gasteiger partial charge on any atom is -0.507 e. The van der Waals surface area contributed by atoms with E-state index in [0.717, 1.165) is 11.3 Å². The second-order valence-electron chi connectivity index (χ2n) is 3.51. The molecule has 0 amide bonds. The molecule has 0 heterocycles. The Morgan fingerprint density at radius 1 is 1.38 bits per heavy atom. The van der Waals surface area contributed by atoms with Crippen molar-refractivity contribution in [3.05, 3.63) is 23.3 Å². The number of aromatic hydroxyl groups is 1. The number of hydrogen-bond donors (Lipinski definition) is 2. The lowest BCUT2D eigenvalue weighted by Crippen LogP contribution is -1.96. The Balaban J connectivity index is 3.30. The van der Waals surface area contributed by atoms with Crippen LogP contribution < -0.4 is 0 Å². The van der Waals surface area contributed by atoms with Gasteiger partial charge in [-0.15, -0.1) is 12.6 Å². The molecule has 0 aliphatic heterocycles. The number of rotatable bonds is 2. The van der Waals surface area contributed by atoms with Crippen LogP contribution in [0.25, 0.3) is 0 Å². The molecule has 1 aromatic carbocycles. The van der Waals surface area contributed by atoms with Gasteiger partial charge in [0.05, 0.1) is 0 Å². The van der Waals surface area contributed by atoms with E-state index in [-0.39, 0.29) is 5.75 Å². The third kappa shape index (κ3) is 1.99. The summed E-state index contributed by atoms with van der Waals surface area (Å²) in [5.41, 5.74) is 2.45. The molecule has 1 rings (SSSR count). The molecule has 0 spiro atoms. The van der Waals surface area contributed by atoms with Crippen molar-refractivity contribution in [3.8, 4) is 5.75 Å². The largest absolute Gasteiger partial charge is 0.507 e. The van der Waals surface area contributed by atoms with Crippen LogP contribution in [0.15, 0.2) is 17.0 Å². The van der Waals surface area contributed by atoms with Crippen molar-refractivity contribution in [2.75, 3.05) is 0 Å². The van der Waals surface area contributed by atoms with Crippen LogP contribution in [0.4, 0.5) is 0 Å². The fourth-order valence-corrected chi connectivity index (χ4v) is 1.91. The van der Waals surface area contributed by atoms with E-state index in [0.29, 0.717) is 5.92 Å². The summed E-state index contributed by atoms with van der Waals surface area (Å²) >= 11 is 4.31. The number of benzene rings is 1. The Hall–Kier alpha value is -0.630. The van der Waals surface area contributed by atoms with Crippen LogP contribution in [0.1, 0.15) is 37.8 Å². The fourth-order valence-electron chi connectivity index (χ4n) is 1.55.